The SMILES string of the molecule is CCCOC1C(Br)CC1OC1CCCC(C)C1. The Morgan fingerprint density at radius 1 is 1.24 bits per heavy atom. The quantitative estimate of drug-likeness (QED) is 0.717. The lowest BCUT2D eigenvalue weighted by atomic mass is 9.87. The highest BCUT2D eigenvalue weighted by Crippen LogP contribution is 2.36. The van der Waals surface area contributed by atoms with Crippen LogP contribution < -0.4 is 0 Å². The molecule has 0 N–H and O–H groups in total. The molecule has 2 aliphatic rings. The van der Waals surface area contributed by atoms with Gasteiger partial charge >= 0.3 is 0 Å². The smallest absolute Gasteiger partial charge is 0.0962 e. The van der Waals surface area contributed by atoms with E-state index in [0.717, 1.165) is 25.4 Å². The fourth-order valence-electron chi connectivity index (χ4n) is 2.88. The highest BCUT2D eigenvalue weighted by Gasteiger charge is 2.42. The minimum atomic E-state index is 0.284. The second-order valence-electron chi connectivity index (χ2n) is 5.66. The first-order valence-electron chi connectivity index (χ1n) is 7.11. The normalized spacial score (nSPS) is 42.2. The van der Waals surface area contributed by atoms with E-state index in [1.807, 2.05) is 0 Å². The molecular weight excluding hydrogens is 280 g/mol. The van der Waals surface area contributed by atoms with Crippen LogP contribution in [0.15, 0.2) is 0 Å². The maximum atomic E-state index is 6.22. The van der Waals surface area contributed by atoms with Crippen LogP contribution in [-0.4, -0.2) is 29.7 Å². The zero-order chi connectivity index (χ0) is 12.3. The van der Waals surface area contributed by atoms with E-state index in [4.69, 9.17) is 9.47 Å². The molecule has 3 heteroatoms. The molecule has 17 heavy (non-hydrogen) atoms. The third-order valence-corrected chi connectivity index (χ3v) is 4.85. The van der Waals surface area contributed by atoms with Crippen LogP contribution in [0.3, 0.4) is 0 Å². The zero-order valence-electron chi connectivity index (χ0n) is 11.0. The maximum absolute atomic E-state index is 6.22. The van der Waals surface area contributed by atoms with Crippen LogP contribution in [0.2, 0.25) is 0 Å². The molecule has 100 valence electrons. The van der Waals surface area contributed by atoms with E-state index < -0.39 is 0 Å². The Morgan fingerprint density at radius 3 is 2.71 bits per heavy atom. The molecular formula is C14H25BrO2. The average molecular weight is 305 g/mol. The van der Waals surface area contributed by atoms with Gasteiger partial charge in [-0.1, -0.05) is 42.6 Å². The van der Waals surface area contributed by atoms with Crippen molar-refractivity contribution in [2.45, 2.75) is 75.5 Å². The molecule has 0 aromatic heterocycles. The molecule has 0 aromatic carbocycles. The lowest BCUT2D eigenvalue weighted by Crippen LogP contribution is -2.52. The van der Waals surface area contributed by atoms with E-state index >= 15 is 0 Å². The molecule has 0 radical (unpaired) electrons. The number of halogens is 1. The highest BCUT2D eigenvalue weighted by atomic mass is 79.9. The maximum Gasteiger partial charge on any atom is 0.0962 e. The Hall–Kier alpha value is 0.400. The number of alkyl halides is 1. The van der Waals surface area contributed by atoms with Gasteiger partial charge in [-0.3, -0.25) is 0 Å². The Bertz CT molecular complexity index is 234. The fraction of sp³-hybridized carbons (Fsp3) is 1.00. The molecule has 2 aliphatic carbocycles. The lowest BCUT2D eigenvalue weighted by Gasteiger charge is -2.43. The van der Waals surface area contributed by atoms with Crippen molar-refractivity contribution in [3.05, 3.63) is 0 Å². The largest absolute Gasteiger partial charge is 0.374 e. The molecule has 5 atom stereocenters. The van der Waals surface area contributed by atoms with E-state index in [1.165, 1.54) is 25.7 Å². The summed E-state index contributed by atoms with van der Waals surface area (Å²) in [5.41, 5.74) is 0. The van der Waals surface area contributed by atoms with Gasteiger partial charge in [-0.15, -0.1) is 0 Å². The molecule has 2 fully saturated rings. The molecule has 0 amide bonds. The van der Waals surface area contributed by atoms with E-state index in [1.54, 1.807) is 0 Å². The summed E-state index contributed by atoms with van der Waals surface area (Å²) in [5.74, 6) is 0.837. The minimum absolute atomic E-state index is 0.284. The van der Waals surface area contributed by atoms with Crippen molar-refractivity contribution in [3.63, 3.8) is 0 Å². The molecule has 0 heterocycles. The molecule has 0 spiro atoms. The molecule has 2 nitrogen and oxygen atoms in total. The van der Waals surface area contributed by atoms with Gasteiger partial charge in [-0.2, -0.15) is 0 Å². The molecule has 2 rings (SSSR count). The second kappa shape index (κ2) is 6.53. The molecule has 0 aliphatic heterocycles. The predicted octanol–water partition coefficient (Wildman–Crippen LogP) is 3.91. The van der Waals surface area contributed by atoms with Gasteiger partial charge in [-0.05, 0) is 31.6 Å². The summed E-state index contributed by atoms with van der Waals surface area (Å²) in [4.78, 5) is 0.500. The van der Waals surface area contributed by atoms with Crippen LogP contribution in [0.25, 0.3) is 0 Å². The van der Waals surface area contributed by atoms with Gasteiger partial charge in [0.25, 0.3) is 0 Å². The van der Waals surface area contributed by atoms with Gasteiger partial charge in [-0.25, -0.2) is 0 Å². The first kappa shape index (κ1) is 13.8. The Balaban J connectivity index is 1.74. The first-order valence-corrected chi connectivity index (χ1v) is 8.03. The summed E-state index contributed by atoms with van der Waals surface area (Å²) < 4.78 is 12.1. The molecule has 0 bridgehead atoms. The Kier molecular flexibility index (Phi) is 5.31. The Labute approximate surface area is 114 Å². The summed E-state index contributed by atoms with van der Waals surface area (Å²) in [5, 5.41) is 0. The van der Waals surface area contributed by atoms with Crippen LogP contribution in [0, 0.1) is 5.92 Å². The van der Waals surface area contributed by atoms with Gasteiger partial charge in [0.05, 0.1) is 18.3 Å². The van der Waals surface area contributed by atoms with Crippen molar-refractivity contribution < 1.29 is 9.47 Å². The fourth-order valence-corrected chi connectivity index (χ4v) is 3.74. The number of ether oxygens (including phenoxy) is 2. The van der Waals surface area contributed by atoms with Gasteiger partial charge in [0.1, 0.15) is 0 Å². The van der Waals surface area contributed by atoms with Crippen molar-refractivity contribution in [1.82, 2.24) is 0 Å². The second-order valence-corrected chi connectivity index (χ2v) is 6.83. The third kappa shape index (κ3) is 3.68. The lowest BCUT2D eigenvalue weighted by molar-refractivity contribution is -0.153. The number of rotatable bonds is 5. The molecule has 5 unspecified atom stereocenters. The summed E-state index contributed by atoms with van der Waals surface area (Å²) in [7, 11) is 0. The van der Waals surface area contributed by atoms with Gasteiger partial charge in [0.15, 0.2) is 0 Å². The van der Waals surface area contributed by atoms with Crippen molar-refractivity contribution in [2.24, 2.45) is 5.92 Å². The van der Waals surface area contributed by atoms with E-state index in [9.17, 15) is 0 Å². The zero-order valence-corrected chi connectivity index (χ0v) is 12.6. The van der Waals surface area contributed by atoms with Gasteiger partial charge < -0.3 is 9.47 Å². The molecule has 0 aromatic rings. The van der Waals surface area contributed by atoms with Crippen molar-refractivity contribution in [3.8, 4) is 0 Å². The van der Waals surface area contributed by atoms with E-state index in [-0.39, 0.29) is 6.10 Å². The van der Waals surface area contributed by atoms with Crippen LogP contribution in [-0.2, 0) is 9.47 Å². The van der Waals surface area contributed by atoms with Crippen LogP contribution in [0.4, 0.5) is 0 Å². The Morgan fingerprint density at radius 2 is 2.06 bits per heavy atom. The first-order chi connectivity index (χ1) is 8.20. The summed E-state index contributed by atoms with van der Waals surface area (Å²) >= 11 is 3.67. The van der Waals surface area contributed by atoms with Crippen LogP contribution >= 0.6 is 15.9 Å². The van der Waals surface area contributed by atoms with Crippen LogP contribution in [0.1, 0.15) is 52.4 Å². The molecule has 0 saturated heterocycles. The van der Waals surface area contributed by atoms with E-state index in [2.05, 4.69) is 29.8 Å². The predicted molar refractivity (Wildman–Crippen MR) is 73.7 cm³/mol. The van der Waals surface area contributed by atoms with Crippen molar-refractivity contribution >= 4 is 15.9 Å². The standard InChI is InChI=1S/C14H25BrO2/c1-3-7-16-14-12(15)9-13(14)17-11-6-4-5-10(2)8-11/h10-14H,3-9H2,1-2H3. The van der Waals surface area contributed by atoms with Crippen molar-refractivity contribution in [1.29, 1.82) is 0 Å². The van der Waals surface area contributed by atoms with Crippen molar-refractivity contribution in [2.75, 3.05) is 6.61 Å². The monoisotopic (exact) mass is 304 g/mol. The summed E-state index contributed by atoms with van der Waals surface area (Å²) in [6, 6.07) is 0. The number of hydrogen-bond acceptors (Lipinski definition) is 2. The number of hydrogen-bond donors (Lipinski definition) is 0. The average Bonchev–Trinajstić information content (AvgIpc) is 2.29. The summed E-state index contributed by atoms with van der Waals surface area (Å²) in [6.07, 6.45) is 8.49. The minimum Gasteiger partial charge on any atom is -0.374 e. The van der Waals surface area contributed by atoms with Gasteiger partial charge in [0.2, 0.25) is 0 Å². The van der Waals surface area contributed by atoms with Gasteiger partial charge in [0, 0.05) is 11.4 Å². The highest BCUT2D eigenvalue weighted by molar-refractivity contribution is 9.09. The third-order valence-electron chi connectivity index (χ3n) is 3.95. The van der Waals surface area contributed by atoms with E-state index in [0.29, 0.717) is 17.0 Å². The topological polar surface area (TPSA) is 18.5 Å². The summed E-state index contributed by atoms with van der Waals surface area (Å²) in [6.45, 7) is 5.35. The molecule has 2 saturated carbocycles. The van der Waals surface area contributed by atoms with Crippen LogP contribution in [0.5, 0.6) is 0 Å².